The summed E-state index contributed by atoms with van der Waals surface area (Å²) in [4.78, 5) is 10.1. The molecule has 6 nitrogen and oxygen atoms in total. The molecule has 0 fully saturated rings. The fraction of sp³-hybridized carbons (Fsp3) is 0.600. The number of nitrogens with zero attached hydrogens (tertiary/aromatic N) is 4. The van der Waals surface area contributed by atoms with Gasteiger partial charge in [0.1, 0.15) is 0 Å². The van der Waals surface area contributed by atoms with Crippen molar-refractivity contribution in [3.63, 3.8) is 0 Å². The van der Waals surface area contributed by atoms with E-state index in [1.807, 2.05) is 23.0 Å². The molecule has 0 rings (SSSR count). The van der Waals surface area contributed by atoms with E-state index in [1.54, 1.807) is 6.34 Å². The third-order valence-electron chi connectivity index (χ3n) is 3.48. The van der Waals surface area contributed by atoms with Gasteiger partial charge in [0.15, 0.2) is 0 Å². The number of rotatable bonds is 9. The van der Waals surface area contributed by atoms with Crippen molar-refractivity contribution in [1.29, 1.82) is 0 Å². The largest absolute Gasteiger partial charge is 0.367 e. The van der Waals surface area contributed by atoms with E-state index >= 15 is 0 Å². The Morgan fingerprint density at radius 3 is 2.59 bits per heavy atom. The lowest BCUT2D eigenvalue weighted by Crippen LogP contribution is -2.33. The summed E-state index contributed by atoms with van der Waals surface area (Å²) < 4.78 is 0. The predicted molar refractivity (Wildman–Crippen MR) is 100 cm³/mol. The molecule has 0 aromatic carbocycles. The average molecular weight is 373 g/mol. The molecule has 0 aliphatic rings. The van der Waals surface area contributed by atoms with Gasteiger partial charge in [-0.25, -0.2) is 4.99 Å². The van der Waals surface area contributed by atoms with Crippen LogP contribution in [0.25, 0.3) is 0 Å². The Labute approximate surface area is 142 Å². The Hall–Kier alpha value is -1.34. The van der Waals surface area contributed by atoms with Crippen molar-refractivity contribution in [2.24, 2.45) is 21.7 Å². The summed E-state index contributed by atoms with van der Waals surface area (Å²) in [7, 11) is 4.12. The number of guanidine groups is 1. The molecular formula is C15H29BrN6. The molecule has 0 aliphatic carbocycles. The van der Waals surface area contributed by atoms with E-state index in [0.29, 0.717) is 6.04 Å². The zero-order valence-electron chi connectivity index (χ0n) is 14.0. The van der Waals surface area contributed by atoms with Gasteiger partial charge in [-0.3, -0.25) is 0 Å². The Morgan fingerprint density at radius 2 is 2.00 bits per heavy atom. The zero-order chi connectivity index (χ0) is 17.0. The highest BCUT2D eigenvalue weighted by Gasteiger charge is 2.09. The monoisotopic (exact) mass is 372 g/mol. The first-order chi connectivity index (χ1) is 10.4. The second-order valence-corrected chi connectivity index (χ2v) is 5.94. The van der Waals surface area contributed by atoms with Gasteiger partial charge in [-0.1, -0.05) is 33.7 Å². The molecule has 0 aromatic rings. The van der Waals surface area contributed by atoms with Crippen molar-refractivity contribution in [3.05, 3.63) is 22.7 Å². The zero-order valence-corrected chi connectivity index (χ0v) is 15.6. The van der Waals surface area contributed by atoms with Crippen LogP contribution >= 0.6 is 15.9 Å². The summed E-state index contributed by atoms with van der Waals surface area (Å²) >= 11 is 3.27. The lowest BCUT2D eigenvalue weighted by Gasteiger charge is -2.26. The molecule has 0 amide bonds. The minimum Gasteiger partial charge on any atom is -0.367 e. The van der Waals surface area contributed by atoms with Crippen molar-refractivity contribution in [2.45, 2.75) is 32.7 Å². The van der Waals surface area contributed by atoms with E-state index in [4.69, 9.17) is 11.6 Å². The van der Waals surface area contributed by atoms with Gasteiger partial charge < -0.3 is 21.4 Å². The first-order valence-electron chi connectivity index (χ1n) is 7.31. The van der Waals surface area contributed by atoms with Crippen LogP contribution in [0.15, 0.2) is 32.8 Å². The van der Waals surface area contributed by atoms with Crippen LogP contribution in [-0.2, 0) is 0 Å². The number of hydrogen-bond donors (Lipinski definition) is 2. The second kappa shape index (κ2) is 12.2. The SMILES string of the molecule is C/C(=C\C=C\Br)CCN(C)C(C)CCN(C)C=N/C(N)=N\N. The second-order valence-electron chi connectivity index (χ2n) is 5.41. The van der Waals surface area contributed by atoms with Crippen LogP contribution in [0.2, 0.25) is 0 Å². The summed E-state index contributed by atoms with van der Waals surface area (Å²) in [5.74, 6) is 5.10. The molecule has 0 aliphatic heterocycles. The van der Waals surface area contributed by atoms with Crippen LogP contribution < -0.4 is 11.6 Å². The summed E-state index contributed by atoms with van der Waals surface area (Å²) in [5, 5.41) is 3.29. The van der Waals surface area contributed by atoms with Crippen molar-refractivity contribution >= 4 is 28.2 Å². The third-order valence-corrected chi connectivity index (χ3v) is 3.79. The van der Waals surface area contributed by atoms with Crippen molar-refractivity contribution < 1.29 is 0 Å². The molecule has 0 bridgehead atoms. The summed E-state index contributed by atoms with van der Waals surface area (Å²) in [6.07, 6.45) is 7.89. The minimum atomic E-state index is 0.0804. The summed E-state index contributed by atoms with van der Waals surface area (Å²) in [5.41, 5.74) is 6.78. The maximum absolute atomic E-state index is 5.41. The molecule has 1 atom stereocenters. The van der Waals surface area contributed by atoms with Gasteiger partial charge in [0.2, 0.25) is 5.96 Å². The van der Waals surface area contributed by atoms with Crippen molar-refractivity contribution in [2.75, 3.05) is 27.2 Å². The average Bonchev–Trinajstić information content (AvgIpc) is 2.52. The summed E-state index contributed by atoms with van der Waals surface area (Å²) in [6, 6.07) is 0.496. The fourth-order valence-corrected chi connectivity index (χ4v) is 1.87. The van der Waals surface area contributed by atoms with E-state index in [0.717, 1.165) is 25.9 Å². The standard InChI is InChI=1S/C15H29BrN6/c1-13(6-5-9-16)7-11-22(4)14(2)8-10-21(3)12-19-15(17)20-18/h5-6,9,12,14H,7-8,10-11,18H2,1-4H3,(H2,17,20)/b9-5+,13-6+,19-12?. The number of aliphatic imine (C=N–C) groups is 1. The lowest BCUT2D eigenvalue weighted by atomic mass is 10.1. The first kappa shape index (κ1) is 20.7. The highest BCUT2D eigenvalue weighted by Crippen LogP contribution is 2.07. The van der Waals surface area contributed by atoms with E-state index in [2.05, 4.69) is 57.9 Å². The highest BCUT2D eigenvalue weighted by molar-refractivity contribution is 9.11. The van der Waals surface area contributed by atoms with Crippen LogP contribution in [0.4, 0.5) is 0 Å². The van der Waals surface area contributed by atoms with Crippen LogP contribution in [0.5, 0.6) is 0 Å². The molecule has 0 saturated heterocycles. The molecule has 0 aromatic heterocycles. The maximum atomic E-state index is 5.41. The quantitative estimate of drug-likeness (QED) is 0.213. The number of nitrogens with two attached hydrogens (primary N) is 2. The lowest BCUT2D eigenvalue weighted by molar-refractivity contribution is 0.238. The third kappa shape index (κ3) is 10.4. The van der Waals surface area contributed by atoms with Gasteiger partial charge in [-0.05, 0) is 38.7 Å². The Kier molecular flexibility index (Phi) is 11.5. The Morgan fingerprint density at radius 1 is 1.32 bits per heavy atom. The van der Waals surface area contributed by atoms with Gasteiger partial charge in [-0.15, -0.1) is 5.10 Å². The minimum absolute atomic E-state index is 0.0804. The molecule has 1 unspecified atom stereocenters. The molecule has 126 valence electrons. The van der Waals surface area contributed by atoms with Crippen LogP contribution in [0.1, 0.15) is 26.7 Å². The van der Waals surface area contributed by atoms with Crippen LogP contribution in [0, 0.1) is 0 Å². The molecule has 0 saturated carbocycles. The topological polar surface area (TPSA) is 83.2 Å². The van der Waals surface area contributed by atoms with Crippen molar-refractivity contribution in [1.82, 2.24) is 9.80 Å². The maximum Gasteiger partial charge on any atom is 0.238 e. The molecular weight excluding hydrogens is 344 g/mol. The fourth-order valence-electron chi connectivity index (χ4n) is 1.72. The van der Waals surface area contributed by atoms with Gasteiger partial charge in [-0.2, -0.15) is 0 Å². The normalized spacial score (nSPS) is 15.2. The highest BCUT2D eigenvalue weighted by atomic mass is 79.9. The van der Waals surface area contributed by atoms with Crippen molar-refractivity contribution in [3.8, 4) is 0 Å². The van der Waals surface area contributed by atoms with Gasteiger partial charge >= 0.3 is 0 Å². The van der Waals surface area contributed by atoms with E-state index in [1.165, 1.54) is 5.57 Å². The molecule has 0 heterocycles. The molecule has 4 N–H and O–H groups in total. The number of halogens is 1. The van der Waals surface area contributed by atoms with E-state index in [-0.39, 0.29) is 5.96 Å². The van der Waals surface area contributed by atoms with Gasteiger partial charge in [0.05, 0.1) is 6.34 Å². The van der Waals surface area contributed by atoms with E-state index < -0.39 is 0 Å². The van der Waals surface area contributed by atoms with Gasteiger partial charge in [0, 0.05) is 26.2 Å². The van der Waals surface area contributed by atoms with Gasteiger partial charge in [0.25, 0.3) is 0 Å². The molecule has 0 radical (unpaired) electrons. The van der Waals surface area contributed by atoms with Crippen LogP contribution in [-0.4, -0.2) is 55.3 Å². The Balaban J connectivity index is 4.10. The predicted octanol–water partition coefficient (Wildman–Crippen LogP) is 2.09. The molecule has 7 heteroatoms. The van der Waals surface area contributed by atoms with E-state index in [9.17, 15) is 0 Å². The number of hydrogen-bond acceptors (Lipinski definition) is 3. The smallest absolute Gasteiger partial charge is 0.238 e. The first-order valence-corrected chi connectivity index (χ1v) is 8.22. The summed E-state index contributed by atoms with van der Waals surface area (Å²) in [6.45, 7) is 6.33. The van der Waals surface area contributed by atoms with Crippen LogP contribution in [0.3, 0.4) is 0 Å². The molecule has 0 spiro atoms. The molecule has 22 heavy (non-hydrogen) atoms. The number of allylic oxidation sites excluding steroid dienone is 2. The Bertz CT molecular complexity index is 416. The number of hydrazone groups is 1.